The average Bonchev–Trinajstić information content (AvgIpc) is 2.75. The zero-order valence-electron chi connectivity index (χ0n) is 13.5. The third kappa shape index (κ3) is 1.97. The summed E-state index contributed by atoms with van der Waals surface area (Å²) < 4.78 is 0. The maximum atomic E-state index is 12.5. The smallest absolute Gasteiger partial charge is 0.251 e. The fraction of sp³-hybridized carbons (Fsp3) is 0.611. The molecule has 2 aliphatic rings. The molecule has 3 rings (SSSR count). The lowest BCUT2D eigenvalue weighted by Crippen LogP contribution is -2.46. The van der Waals surface area contributed by atoms with Crippen molar-refractivity contribution in [1.29, 1.82) is 0 Å². The molecule has 0 saturated heterocycles. The second kappa shape index (κ2) is 4.49. The van der Waals surface area contributed by atoms with Crippen LogP contribution in [0.5, 0.6) is 0 Å². The van der Waals surface area contributed by atoms with Crippen molar-refractivity contribution in [3.63, 3.8) is 0 Å². The normalized spacial score (nSPS) is 33.1. The molecule has 2 aliphatic carbocycles. The molecular formula is C18H26N2O. The van der Waals surface area contributed by atoms with E-state index in [4.69, 9.17) is 5.73 Å². The van der Waals surface area contributed by atoms with Gasteiger partial charge in [-0.15, -0.1) is 0 Å². The molecule has 0 spiro atoms. The molecule has 0 radical (unpaired) electrons. The molecule has 1 aromatic rings. The second-order valence-corrected chi connectivity index (χ2v) is 7.71. The molecule has 1 amide bonds. The van der Waals surface area contributed by atoms with Gasteiger partial charge in [-0.25, -0.2) is 0 Å². The van der Waals surface area contributed by atoms with Crippen molar-refractivity contribution in [2.24, 2.45) is 16.7 Å². The van der Waals surface area contributed by atoms with E-state index < -0.39 is 0 Å². The standard InChI is InChI=1S/C18H26N2O/c1-11-9-12(5-6-14(11)19)16(21)20-15-10-13-7-8-18(15,4)17(13,2)3/h5-6,9,13,15H,7-8,10,19H2,1-4H3,(H,20,21). The van der Waals surface area contributed by atoms with Crippen LogP contribution in [0, 0.1) is 23.7 Å². The first kappa shape index (κ1) is 14.4. The quantitative estimate of drug-likeness (QED) is 0.817. The van der Waals surface area contributed by atoms with E-state index in [0.717, 1.165) is 23.6 Å². The van der Waals surface area contributed by atoms with Crippen molar-refractivity contribution in [2.75, 3.05) is 5.73 Å². The highest BCUT2D eigenvalue weighted by atomic mass is 16.1. The first-order chi connectivity index (χ1) is 9.75. The van der Waals surface area contributed by atoms with Gasteiger partial charge in [0.2, 0.25) is 0 Å². The summed E-state index contributed by atoms with van der Waals surface area (Å²) in [5.74, 6) is 0.772. The molecule has 2 bridgehead atoms. The molecular weight excluding hydrogens is 260 g/mol. The maximum Gasteiger partial charge on any atom is 0.251 e. The molecule has 0 aliphatic heterocycles. The van der Waals surface area contributed by atoms with E-state index >= 15 is 0 Å². The molecule has 1 aromatic carbocycles. The Kier molecular flexibility index (Phi) is 3.09. The van der Waals surface area contributed by atoms with Gasteiger partial charge in [0.1, 0.15) is 0 Å². The van der Waals surface area contributed by atoms with Crippen LogP contribution in [0.4, 0.5) is 5.69 Å². The van der Waals surface area contributed by atoms with E-state index in [1.54, 1.807) is 0 Å². The molecule has 2 saturated carbocycles. The Bertz CT molecular complexity index is 593. The molecule has 0 heterocycles. The monoisotopic (exact) mass is 286 g/mol. The summed E-state index contributed by atoms with van der Waals surface area (Å²) in [6.45, 7) is 9.02. The fourth-order valence-corrected chi connectivity index (χ4v) is 4.48. The lowest BCUT2D eigenvalue weighted by atomic mass is 9.69. The molecule has 21 heavy (non-hydrogen) atoms. The molecule has 3 heteroatoms. The van der Waals surface area contributed by atoms with Gasteiger partial charge in [0, 0.05) is 17.3 Å². The number of benzene rings is 1. The Morgan fingerprint density at radius 1 is 1.33 bits per heavy atom. The van der Waals surface area contributed by atoms with Gasteiger partial charge >= 0.3 is 0 Å². The number of carbonyl (C=O) groups excluding carboxylic acids is 1. The Balaban J connectivity index is 1.79. The van der Waals surface area contributed by atoms with Gasteiger partial charge in [-0.1, -0.05) is 20.8 Å². The number of hydrogen-bond acceptors (Lipinski definition) is 2. The number of nitrogens with one attached hydrogen (secondary N) is 1. The lowest BCUT2D eigenvalue weighted by Gasteiger charge is -2.39. The number of fused-ring (bicyclic) bond motifs is 2. The van der Waals surface area contributed by atoms with Crippen LogP contribution >= 0.6 is 0 Å². The van der Waals surface area contributed by atoms with E-state index in [-0.39, 0.29) is 17.4 Å². The van der Waals surface area contributed by atoms with Gasteiger partial charge in [-0.3, -0.25) is 4.79 Å². The van der Waals surface area contributed by atoms with Crippen LogP contribution in [-0.2, 0) is 0 Å². The minimum absolute atomic E-state index is 0.0349. The van der Waals surface area contributed by atoms with Gasteiger partial charge < -0.3 is 11.1 Å². The number of amides is 1. The number of anilines is 1. The topological polar surface area (TPSA) is 55.1 Å². The summed E-state index contributed by atoms with van der Waals surface area (Å²) in [7, 11) is 0. The van der Waals surface area contributed by atoms with Gasteiger partial charge in [-0.05, 0) is 66.7 Å². The lowest BCUT2D eigenvalue weighted by molar-refractivity contribution is 0.0826. The van der Waals surface area contributed by atoms with E-state index in [9.17, 15) is 4.79 Å². The molecule has 0 aromatic heterocycles. The van der Waals surface area contributed by atoms with Crippen LogP contribution in [0.15, 0.2) is 18.2 Å². The Hall–Kier alpha value is -1.51. The van der Waals surface area contributed by atoms with Crippen LogP contribution in [-0.4, -0.2) is 11.9 Å². The van der Waals surface area contributed by atoms with Crippen molar-refractivity contribution in [3.8, 4) is 0 Å². The van der Waals surface area contributed by atoms with Crippen LogP contribution in [0.3, 0.4) is 0 Å². The van der Waals surface area contributed by atoms with Gasteiger partial charge in [0.15, 0.2) is 0 Å². The summed E-state index contributed by atoms with van der Waals surface area (Å²) in [6.07, 6.45) is 3.64. The Morgan fingerprint density at radius 2 is 2.05 bits per heavy atom. The van der Waals surface area contributed by atoms with E-state index in [0.29, 0.717) is 11.0 Å². The SMILES string of the molecule is Cc1cc(C(=O)NC2CC3CCC2(C)C3(C)C)ccc1N. The third-order valence-electron chi connectivity index (χ3n) is 6.63. The van der Waals surface area contributed by atoms with Crippen LogP contribution in [0.2, 0.25) is 0 Å². The summed E-state index contributed by atoms with van der Waals surface area (Å²) in [4.78, 5) is 12.5. The summed E-state index contributed by atoms with van der Waals surface area (Å²) >= 11 is 0. The number of nitrogens with two attached hydrogens (primary N) is 1. The second-order valence-electron chi connectivity index (χ2n) is 7.71. The van der Waals surface area contributed by atoms with Crippen LogP contribution in [0.1, 0.15) is 56.0 Å². The van der Waals surface area contributed by atoms with E-state index in [1.165, 1.54) is 12.8 Å². The van der Waals surface area contributed by atoms with E-state index in [2.05, 4.69) is 26.1 Å². The highest BCUT2D eigenvalue weighted by Gasteiger charge is 2.61. The largest absolute Gasteiger partial charge is 0.399 e. The van der Waals surface area contributed by atoms with Crippen molar-refractivity contribution >= 4 is 11.6 Å². The first-order valence-electron chi connectivity index (χ1n) is 7.93. The van der Waals surface area contributed by atoms with Crippen LogP contribution < -0.4 is 11.1 Å². The Morgan fingerprint density at radius 3 is 2.57 bits per heavy atom. The highest BCUT2D eigenvalue weighted by molar-refractivity contribution is 5.95. The number of aryl methyl sites for hydroxylation is 1. The van der Waals surface area contributed by atoms with Gasteiger partial charge in [0.25, 0.3) is 5.91 Å². The zero-order chi connectivity index (χ0) is 15.4. The minimum Gasteiger partial charge on any atom is -0.399 e. The molecule has 3 atom stereocenters. The summed E-state index contributed by atoms with van der Waals surface area (Å²) in [5.41, 5.74) is 8.78. The summed E-state index contributed by atoms with van der Waals surface area (Å²) in [5, 5.41) is 3.29. The Labute approximate surface area is 127 Å². The summed E-state index contributed by atoms with van der Waals surface area (Å²) in [6, 6.07) is 5.80. The number of hydrogen-bond donors (Lipinski definition) is 2. The zero-order valence-corrected chi connectivity index (χ0v) is 13.5. The van der Waals surface area contributed by atoms with Crippen molar-refractivity contribution in [1.82, 2.24) is 5.32 Å². The molecule has 3 unspecified atom stereocenters. The molecule has 3 N–H and O–H groups in total. The number of rotatable bonds is 2. The maximum absolute atomic E-state index is 12.5. The fourth-order valence-electron chi connectivity index (χ4n) is 4.48. The molecule has 114 valence electrons. The first-order valence-corrected chi connectivity index (χ1v) is 7.93. The molecule has 2 fully saturated rings. The predicted octanol–water partition coefficient (Wildman–Crippen LogP) is 3.52. The van der Waals surface area contributed by atoms with E-state index in [1.807, 2.05) is 25.1 Å². The van der Waals surface area contributed by atoms with Crippen molar-refractivity contribution in [3.05, 3.63) is 29.3 Å². The highest BCUT2D eigenvalue weighted by Crippen LogP contribution is 2.65. The van der Waals surface area contributed by atoms with Gasteiger partial charge in [-0.2, -0.15) is 0 Å². The third-order valence-corrected chi connectivity index (χ3v) is 6.63. The van der Waals surface area contributed by atoms with Crippen LogP contribution in [0.25, 0.3) is 0 Å². The average molecular weight is 286 g/mol. The number of nitrogen functional groups attached to an aromatic ring is 1. The predicted molar refractivity (Wildman–Crippen MR) is 86.1 cm³/mol. The van der Waals surface area contributed by atoms with Crippen molar-refractivity contribution in [2.45, 2.75) is 53.0 Å². The van der Waals surface area contributed by atoms with Crippen molar-refractivity contribution < 1.29 is 4.79 Å². The minimum atomic E-state index is 0.0349. The molecule has 3 nitrogen and oxygen atoms in total. The number of carbonyl (C=O) groups is 1. The van der Waals surface area contributed by atoms with Gasteiger partial charge in [0.05, 0.1) is 0 Å².